The van der Waals surface area contributed by atoms with Crippen LogP contribution in [0.2, 0.25) is 0 Å². The molecule has 1 heterocycles. The molecule has 1 aliphatic rings. The summed E-state index contributed by atoms with van der Waals surface area (Å²) in [6.45, 7) is 3.16. The topological polar surface area (TPSA) is 60.0 Å². The van der Waals surface area contributed by atoms with Gasteiger partial charge >= 0.3 is 0 Å². The van der Waals surface area contributed by atoms with Gasteiger partial charge in [-0.3, -0.25) is 0 Å². The molecule has 5 nitrogen and oxygen atoms in total. The van der Waals surface area contributed by atoms with Gasteiger partial charge in [-0.05, 0) is 43.0 Å². The fourth-order valence-corrected chi connectivity index (χ4v) is 2.89. The molecule has 0 radical (unpaired) electrons. The first-order valence-electron chi connectivity index (χ1n) is 7.32. The van der Waals surface area contributed by atoms with Gasteiger partial charge in [0.15, 0.2) is 11.5 Å². The second-order valence-electron chi connectivity index (χ2n) is 5.59. The fourth-order valence-electron chi connectivity index (χ4n) is 2.89. The summed E-state index contributed by atoms with van der Waals surface area (Å²) >= 11 is 0. The number of methoxy groups -OCH3 is 3. The molecule has 0 aliphatic carbocycles. The number of hydrogen-bond donors (Lipinski definition) is 2. The Kier molecular flexibility index (Phi) is 5.31. The number of hydrogen-bond acceptors (Lipinski definition) is 5. The highest BCUT2D eigenvalue weighted by atomic mass is 16.5. The van der Waals surface area contributed by atoms with Gasteiger partial charge in [0.05, 0.1) is 27.4 Å². The summed E-state index contributed by atoms with van der Waals surface area (Å²) in [4.78, 5) is 0. The molecule has 1 saturated heterocycles. The Morgan fingerprint density at radius 2 is 1.76 bits per heavy atom. The summed E-state index contributed by atoms with van der Waals surface area (Å²) in [5.41, 5.74) is 0.774. The third-order valence-corrected chi connectivity index (χ3v) is 4.11. The Hall–Kier alpha value is -1.46. The lowest BCUT2D eigenvalue weighted by molar-refractivity contribution is 0.101. The standard InChI is InChI=1S/C16H25NO4/c1-10-5-6-17-12(7-10)15(18)11-8-13(19-2)16(21-4)14(9-11)20-3/h8-10,12,15,17-18H,5-7H2,1-4H3. The number of rotatable bonds is 5. The molecule has 0 aromatic heterocycles. The maximum absolute atomic E-state index is 10.7. The zero-order valence-corrected chi connectivity index (χ0v) is 13.2. The molecule has 3 unspecified atom stereocenters. The van der Waals surface area contributed by atoms with Crippen molar-refractivity contribution in [3.63, 3.8) is 0 Å². The van der Waals surface area contributed by atoms with Crippen LogP contribution in [0.5, 0.6) is 17.2 Å². The number of piperidine rings is 1. The van der Waals surface area contributed by atoms with Crippen LogP contribution >= 0.6 is 0 Å². The third kappa shape index (κ3) is 3.41. The van der Waals surface area contributed by atoms with Gasteiger partial charge in [0.1, 0.15) is 0 Å². The molecule has 1 aliphatic heterocycles. The monoisotopic (exact) mass is 295 g/mol. The molecule has 0 saturated carbocycles. The first-order valence-corrected chi connectivity index (χ1v) is 7.32. The predicted molar refractivity (Wildman–Crippen MR) is 81.2 cm³/mol. The predicted octanol–water partition coefficient (Wildman–Crippen LogP) is 2.13. The van der Waals surface area contributed by atoms with Crippen molar-refractivity contribution in [3.8, 4) is 17.2 Å². The highest BCUT2D eigenvalue weighted by Gasteiger charge is 2.27. The van der Waals surface area contributed by atoms with Crippen LogP contribution in [0.15, 0.2) is 12.1 Å². The molecule has 118 valence electrons. The van der Waals surface area contributed by atoms with E-state index in [0.29, 0.717) is 23.2 Å². The van der Waals surface area contributed by atoms with E-state index in [1.54, 1.807) is 21.3 Å². The minimum absolute atomic E-state index is 0.0524. The molecule has 1 fully saturated rings. The molecule has 0 spiro atoms. The van der Waals surface area contributed by atoms with Crippen molar-refractivity contribution in [3.05, 3.63) is 17.7 Å². The molecular formula is C16H25NO4. The van der Waals surface area contributed by atoms with E-state index in [-0.39, 0.29) is 6.04 Å². The second-order valence-corrected chi connectivity index (χ2v) is 5.59. The van der Waals surface area contributed by atoms with Crippen LogP contribution in [0.25, 0.3) is 0 Å². The van der Waals surface area contributed by atoms with Gasteiger partial charge in [-0.15, -0.1) is 0 Å². The average molecular weight is 295 g/mol. The van der Waals surface area contributed by atoms with E-state index >= 15 is 0 Å². The van der Waals surface area contributed by atoms with Gasteiger partial charge < -0.3 is 24.6 Å². The number of benzene rings is 1. The van der Waals surface area contributed by atoms with Crippen LogP contribution in [-0.2, 0) is 0 Å². The van der Waals surface area contributed by atoms with Crippen molar-refractivity contribution >= 4 is 0 Å². The maximum Gasteiger partial charge on any atom is 0.203 e. The highest BCUT2D eigenvalue weighted by Crippen LogP contribution is 2.40. The smallest absolute Gasteiger partial charge is 0.203 e. The van der Waals surface area contributed by atoms with Gasteiger partial charge in [-0.25, -0.2) is 0 Å². The number of aliphatic hydroxyl groups is 1. The minimum Gasteiger partial charge on any atom is -0.493 e. The van der Waals surface area contributed by atoms with Crippen molar-refractivity contribution in [1.29, 1.82) is 0 Å². The summed E-state index contributed by atoms with van der Waals surface area (Å²) in [6.07, 6.45) is 1.51. The molecule has 3 atom stereocenters. The van der Waals surface area contributed by atoms with E-state index in [1.807, 2.05) is 12.1 Å². The van der Waals surface area contributed by atoms with Crippen molar-refractivity contribution < 1.29 is 19.3 Å². The summed E-state index contributed by atoms with van der Waals surface area (Å²) in [5, 5.41) is 14.0. The van der Waals surface area contributed by atoms with Gasteiger partial charge in [-0.2, -0.15) is 0 Å². The molecule has 2 N–H and O–H groups in total. The van der Waals surface area contributed by atoms with Gasteiger partial charge in [-0.1, -0.05) is 6.92 Å². The maximum atomic E-state index is 10.7. The Morgan fingerprint density at radius 3 is 2.24 bits per heavy atom. The lowest BCUT2D eigenvalue weighted by atomic mass is 9.88. The number of nitrogens with one attached hydrogen (secondary N) is 1. The number of ether oxygens (including phenoxy) is 3. The largest absolute Gasteiger partial charge is 0.493 e. The van der Waals surface area contributed by atoms with E-state index in [9.17, 15) is 5.11 Å². The number of aliphatic hydroxyl groups excluding tert-OH is 1. The molecule has 2 rings (SSSR count). The van der Waals surface area contributed by atoms with Gasteiger partial charge in [0.25, 0.3) is 0 Å². The summed E-state index contributed by atoms with van der Waals surface area (Å²) in [5.74, 6) is 2.29. The SMILES string of the molecule is COc1cc(C(O)C2CC(C)CCN2)cc(OC)c1OC. The summed E-state index contributed by atoms with van der Waals surface area (Å²) < 4.78 is 16.0. The molecule has 21 heavy (non-hydrogen) atoms. The Bertz CT molecular complexity index is 452. The highest BCUT2D eigenvalue weighted by molar-refractivity contribution is 5.54. The quantitative estimate of drug-likeness (QED) is 0.871. The van der Waals surface area contributed by atoms with E-state index in [1.165, 1.54) is 0 Å². The van der Waals surface area contributed by atoms with Crippen LogP contribution in [0, 0.1) is 5.92 Å². The van der Waals surface area contributed by atoms with Crippen molar-refractivity contribution in [2.45, 2.75) is 31.9 Å². The van der Waals surface area contributed by atoms with E-state index in [4.69, 9.17) is 14.2 Å². The molecule has 0 amide bonds. The van der Waals surface area contributed by atoms with E-state index in [2.05, 4.69) is 12.2 Å². The van der Waals surface area contributed by atoms with E-state index < -0.39 is 6.10 Å². The van der Waals surface area contributed by atoms with Crippen LogP contribution < -0.4 is 19.5 Å². The van der Waals surface area contributed by atoms with E-state index in [0.717, 1.165) is 24.9 Å². The average Bonchev–Trinajstić information content (AvgIpc) is 2.52. The molecule has 0 bridgehead atoms. The van der Waals surface area contributed by atoms with Gasteiger partial charge in [0, 0.05) is 6.04 Å². The molecule has 1 aromatic carbocycles. The first kappa shape index (κ1) is 15.9. The Labute approximate surface area is 126 Å². The van der Waals surface area contributed by atoms with Crippen molar-refractivity contribution in [2.75, 3.05) is 27.9 Å². The zero-order valence-electron chi connectivity index (χ0n) is 13.2. The van der Waals surface area contributed by atoms with Crippen LogP contribution in [0.1, 0.15) is 31.4 Å². The summed E-state index contributed by atoms with van der Waals surface area (Å²) in [7, 11) is 4.73. The van der Waals surface area contributed by atoms with Crippen LogP contribution in [0.3, 0.4) is 0 Å². The van der Waals surface area contributed by atoms with Gasteiger partial charge in [0.2, 0.25) is 5.75 Å². The fraction of sp³-hybridized carbons (Fsp3) is 0.625. The summed E-state index contributed by atoms with van der Waals surface area (Å²) in [6, 6.07) is 3.68. The first-order chi connectivity index (χ1) is 10.1. The van der Waals surface area contributed by atoms with Crippen molar-refractivity contribution in [2.24, 2.45) is 5.92 Å². The zero-order chi connectivity index (χ0) is 15.4. The molecular weight excluding hydrogens is 270 g/mol. The third-order valence-electron chi connectivity index (χ3n) is 4.11. The second kappa shape index (κ2) is 7.00. The minimum atomic E-state index is -0.596. The molecule has 5 heteroatoms. The van der Waals surface area contributed by atoms with Crippen molar-refractivity contribution in [1.82, 2.24) is 5.32 Å². The Balaban J connectivity index is 2.30. The Morgan fingerprint density at radius 1 is 1.14 bits per heavy atom. The normalized spacial score (nSPS) is 23.5. The lowest BCUT2D eigenvalue weighted by Gasteiger charge is -2.32. The lowest BCUT2D eigenvalue weighted by Crippen LogP contribution is -2.41. The molecule has 1 aromatic rings. The van der Waals surface area contributed by atoms with Crippen LogP contribution in [0.4, 0.5) is 0 Å². The van der Waals surface area contributed by atoms with Crippen LogP contribution in [-0.4, -0.2) is 39.0 Å².